The van der Waals surface area contributed by atoms with Crippen LogP contribution in [0.2, 0.25) is 0 Å². The van der Waals surface area contributed by atoms with Crippen LogP contribution in [0.5, 0.6) is 5.75 Å². The van der Waals surface area contributed by atoms with Gasteiger partial charge in [-0.1, -0.05) is 15.9 Å². The highest BCUT2D eigenvalue weighted by atomic mass is 79.9. The number of nitrogens with two attached hydrogens (primary N) is 1. The van der Waals surface area contributed by atoms with Crippen LogP contribution in [-0.2, 0) is 0 Å². The standard InChI is InChI=1S/C12H18BrNO2/c1-7-6-10(16-3)11(8(2)12(7)13)9(14)4-5-15/h6,9,15H,4-5,14H2,1-3H3. The van der Waals surface area contributed by atoms with Gasteiger partial charge in [-0.25, -0.2) is 0 Å². The number of aryl methyl sites for hydroxylation is 1. The van der Waals surface area contributed by atoms with Crippen LogP contribution < -0.4 is 10.5 Å². The van der Waals surface area contributed by atoms with E-state index in [1.165, 1.54) is 0 Å². The maximum Gasteiger partial charge on any atom is 0.124 e. The van der Waals surface area contributed by atoms with E-state index in [0.717, 1.165) is 26.9 Å². The van der Waals surface area contributed by atoms with E-state index in [1.54, 1.807) is 7.11 Å². The van der Waals surface area contributed by atoms with Crippen molar-refractivity contribution < 1.29 is 9.84 Å². The summed E-state index contributed by atoms with van der Waals surface area (Å²) in [5.74, 6) is 0.791. The molecule has 1 aromatic rings. The molecular formula is C12H18BrNO2. The molecule has 0 aromatic heterocycles. The highest BCUT2D eigenvalue weighted by Crippen LogP contribution is 2.35. The molecule has 0 aliphatic carbocycles. The van der Waals surface area contributed by atoms with Crippen LogP contribution >= 0.6 is 15.9 Å². The molecule has 0 saturated heterocycles. The number of aliphatic hydroxyl groups is 1. The third-order valence-electron chi connectivity index (χ3n) is 2.72. The number of rotatable bonds is 4. The number of hydrogen-bond donors (Lipinski definition) is 2. The molecule has 0 aliphatic heterocycles. The molecule has 90 valence electrons. The minimum absolute atomic E-state index is 0.0786. The number of hydrogen-bond acceptors (Lipinski definition) is 3. The van der Waals surface area contributed by atoms with Gasteiger partial charge in [0.1, 0.15) is 5.75 Å². The van der Waals surface area contributed by atoms with Crippen molar-refractivity contribution >= 4 is 15.9 Å². The SMILES string of the molecule is COc1cc(C)c(Br)c(C)c1C(N)CCO. The molecule has 0 saturated carbocycles. The lowest BCUT2D eigenvalue weighted by Crippen LogP contribution is -2.15. The first-order valence-corrected chi connectivity index (χ1v) is 6.02. The fraction of sp³-hybridized carbons (Fsp3) is 0.500. The molecule has 4 heteroatoms. The molecule has 0 bridgehead atoms. The second-order valence-electron chi connectivity index (χ2n) is 3.87. The Balaban J connectivity index is 3.29. The first-order valence-electron chi connectivity index (χ1n) is 5.23. The first kappa shape index (κ1) is 13.5. The van der Waals surface area contributed by atoms with Crippen molar-refractivity contribution in [2.75, 3.05) is 13.7 Å². The van der Waals surface area contributed by atoms with Crippen molar-refractivity contribution in [3.8, 4) is 5.75 Å². The Morgan fingerprint density at radius 3 is 2.62 bits per heavy atom. The van der Waals surface area contributed by atoms with Gasteiger partial charge < -0.3 is 15.6 Å². The summed E-state index contributed by atoms with van der Waals surface area (Å²) in [5.41, 5.74) is 9.21. The Morgan fingerprint density at radius 1 is 1.50 bits per heavy atom. The summed E-state index contributed by atoms with van der Waals surface area (Å²) in [5, 5.41) is 8.94. The summed E-state index contributed by atoms with van der Waals surface area (Å²) < 4.78 is 6.40. The minimum atomic E-state index is -0.197. The number of ether oxygens (including phenoxy) is 1. The Bertz CT molecular complexity index is 380. The van der Waals surface area contributed by atoms with Crippen LogP contribution in [0.15, 0.2) is 10.5 Å². The van der Waals surface area contributed by atoms with Gasteiger partial charge in [-0.15, -0.1) is 0 Å². The van der Waals surface area contributed by atoms with Crippen molar-refractivity contribution in [1.82, 2.24) is 0 Å². The lowest BCUT2D eigenvalue weighted by atomic mass is 9.96. The van der Waals surface area contributed by atoms with Crippen molar-refractivity contribution in [2.45, 2.75) is 26.3 Å². The molecule has 0 heterocycles. The van der Waals surface area contributed by atoms with Crippen molar-refractivity contribution in [3.63, 3.8) is 0 Å². The third kappa shape index (κ3) is 2.56. The molecule has 1 unspecified atom stereocenters. The number of benzene rings is 1. The fourth-order valence-electron chi connectivity index (χ4n) is 1.85. The molecule has 0 spiro atoms. The summed E-state index contributed by atoms with van der Waals surface area (Å²) in [6.07, 6.45) is 0.534. The van der Waals surface area contributed by atoms with E-state index in [9.17, 15) is 0 Å². The molecular weight excluding hydrogens is 270 g/mol. The van der Waals surface area contributed by atoms with E-state index >= 15 is 0 Å². The lowest BCUT2D eigenvalue weighted by molar-refractivity contribution is 0.275. The van der Waals surface area contributed by atoms with Crippen LogP contribution in [0.25, 0.3) is 0 Å². The number of aliphatic hydroxyl groups excluding tert-OH is 1. The molecule has 0 aliphatic rings. The second-order valence-corrected chi connectivity index (χ2v) is 4.66. The zero-order chi connectivity index (χ0) is 12.3. The molecule has 1 rings (SSSR count). The van der Waals surface area contributed by atoms with Crippen LogP contribution in [0.1, 0.15) is 29.2 Å². The van der Waals surface area contributed by atoms with Gasteiger partial charge in [-0.3, -0.25) is 0 Å². The second kappa shape index (κ2) is 5.66. The summed E-state index contributed by atoms with van der Waals surface area (Å²) >= 11 is 3.54. The predicted octanol–water partition coefficient (Wildman–Crippen LogP) is 2.46. The highest BCUT2D eigenvalue weighted by molar-refractivity contribution is 9.10. The average Bonchev–Trinajstić information content (AvgIpc) is 2.25. The minimum Gasteiger partial charge on any atom is -0.496 e. The maximum atomic E-state index is 8.94. The fourth-order valence-corrected chi connectivity index (χ4v) is 2.18. The first-order chi connectivity index (χ1) is 7.52. The summed E-state index contributed by atoms with van der Waals surface area (Å²) in [6.45, 7) is 4.10. The maximum absolute atomic E-state index is 8.94. The molecule has 1 atom stereocenters. The van der Waals surface area contributed by atoms with Gasteiger partial charge in [-0.2, -0.15) is 0 Å². The predicted molar refractivity (Wildman–Crippen MR) is 68.8 cm³/mol. The van der Waals surface area contributed by atoms with Crippen molar-refractivity contribution in [3.05, 3.63) is 27.2 Å². The van der Waals surface area contributed by atoms with Gasteiger partial charge in [0.25, 0.3) is 0 Å². The van der Waals surface area contributed by atoms with Gasteiger partial charge in [0.05, 0.1) is 7.11 Å². The monoisotopic (exact) mass is 287 g/mol. The van der Waals surface area contributed by atoms with Gasteiger partial charge in [0.2, 0.25) is 0 Å². The van der Waals surface area contributed by atoms with E-state index in [4.69, 9.17) is 15.6 Å². The van der Waals surface area contributed by atoms with E-state index in [2.05, 4.69) is 15.9 Å². The summed E-state index contributed by atoms with van der Waals surface area (Å²) in [7, 11) is 1.64. The molecule has 0 fully saturated rings. The van der Waals surface area contributed by atoms with Crippen LogP contribution in [0.3, 0.4) is 0 Å². The normalized spacial score (nSPS) is 12.6. The van der Waals surface area contributed by atoms with Gasteiger partial charge in [0.15, 0.2) is 0 Å². The molecule has 3 N–H and O–H groups in total. The number of methoxy groups -OCH3 is 1. The van der Waals surface area contributed by atoms with E-state index in [0.29, 0.717) is 6.42 Å². The topological polar surface area (TPSA) is 55.5 Å². The summed E-state index contributed by atoms with van der Waals surface area (Å²) in [6, 6.07) is 1.76. The Kier molecular flexibility index (Phi) is 4.77. The quantitative estimate of drug-likeness (QED) is 0.894. The van der Waals surface area contributed by atoms with Crippen LogP contribution in [0, 0.1) is 13.8 Å². The number of halogens is 1. The van der Waals surface area contributed by atoms with Gasteiger partial charge in [0, 0.05) is 22.7 Å². The Hall–Kier alpha value is -0.580. The molecule has 0 amide bonds. The zero-order valence-electron chi connectivity index (χ0n) is 9.88. The third-order valence-corrected chi connectivity index (χ3v) is 3.94. The smallest absolute Gasteiger partial charge is 0.124 e. The molecule has 1 aromatic carbocycles. The Labute approximate surface area is 105 Å². The van der Waals surface area contributed by atoms with Crippen molar-refractivity contribution in [2.24, 2.45) is 5.73 Å². The van der Waals surface area contributed by atoms with E-state index < -0.39 is 0 Å². The van der Waals surface area contributed by atoms with Gasteiger partial charge >= 0.3 is 0 Å². The van der Waals surface area contributed by atoms with Crippen LogP contribution in [-0.4, -0.2) is 18.8 Å². The van der Waals surface area contributed by atoms with E-state index in [1.807, 2.05) is 19.9 Å². The van der Waals surface area contributed by atoms with Crippen molar-refractivity contribution in [1.29, 1.82) is 0 Å². The lowest BCUT2D eigenvalue weighted by Gasteiger charge is -2.20. The molecule has 3 nitrogen and oxygen atoms in total. The van der Waals surface area contributed by atoms with E-state index in [-0.39, 0.29) is 12.6 Å². The Morgan fingerprint density at radius 2 is 2.12 bits per heavy atom. The van der Waals surface area contributed by atoms with Crippen LogP contribution in [0.4, 0.5) is 0 Å². The molecule has 0 radical (unpaired) electrons. The summed E-state index contributed by atoms with van der Waals surface area (Å²) in [4.78, 5) is 0. The zero-order valence-corrected chi connectivity index (χ0v) is 11.5. The largest absolute Gasteiger partial charge is 0.496 e. The van der Waals surface area contributed by atoms with Gasteiger partial charge in [-0.05, 0) is 37.5 Å². The average molecular weight is 288 g/mol. The highest BCUT2D eigenvalue weighted by Gasteiger charge is 2.17. The molecule has 16 heavy (non-hydrogen) atoms.